The van der Waals surface area contributed by atoms with E-state index in [1.54, 1.807) is 0 Å². The van der Waals surface area contributed by atoms with E-state index in [2.05, 4.69) is 4.52 Å². The maximum Gasteiger partial charge on any atom is 0.527 e. The number of hydrogen-bond acceptors (Lipinski definition) is 7. The molecule has 15 heavy (non-hydrogen) atoms. The molecule has 0 heterocycles. The van der Waals surface area contributed by atoms with Gasteiger partial charge in [0.1, 0.15) is 12.2 Å². The number of aliphatic hydroxyl groups is 4. The maximum absolute atomic E-state index is 10.7. The average molecular weight is 246 g/mol. The van der Waals surface area contributed by atoms with E-state index >= 15 is 0 Å². The Morgan fingerprint density at radius 1 is 1.27 bits per heavy atom. The lowest BCUT2D eigenvalue weighted by molar-refractivity contribution is -0.157. The van der Waals surface area contributed by atoms with E-state index in [1.807, 2.05) is 0 Å². The van der Waals surface area contributed by atoms with E-state index in [0.29, 0.717) is 0 Å². The minimum absolute atomic E-state index is 0.943. The van der Waals surface area contributed by atoms with Gasteiger partial charge in [0.15, 0.2) is 6.10 Å². The van der Waals surface area contributed by atoms with Gasteiger partial charge in [-0.2, -0.15) is 0 Å². The molecule has 0 aromatic rings. The zero-order valence-corrected chi connectivity index (χ0v) is 8.19. The Morgan fingerprint density at radius 2 is 1.73 bits per heavy atom. The maximum atomic E-state index is 10.7. The molecule has 0 amide bonds. The summed E-state index contributed by atoms with van der Waals surface area (Å²) in [4.78, 5) is 27.1. The third-order valence-electron chi connectivity index (χ3n) is 1.36. The molecule has 90 valence electrons. The molecular weight excluding hydrogens is 235 g/mol. The van der Waals surface area contributed by atoms with Gasteiger partial charge in [-0.05, 0) is 0 Å². The molecular formula is C5H11O9P. The van der Waals surface area contributed by atoms with Crippen molar-refractivity contribution < 1.29 is 44.1 Å². The highest BCUT2D eigenvalue weighted by Crippen LogP contribution is 2.36. The highest BCUT2D eigenvalue weighted by atomic mass is 31.2. The van der Waals surface area contributed by atoms with Crippen molar-refractivity contribution in [2.75, 3.05) is 6.61 Å². The largest absolute Gasteiger partial charge is 0.527 e. The summed E-state index contributed by atoms with van der Waals surface area (Å²) in [5.41, 5.74) is 0. The zero-order chi connectivity index (χ0) is 12.2. The fraction of sp³-hybridized carbons (Fsp3) is 0.800. The van der Waals surface area contributed by atoms with Crippen LogP contribution in [0.25, 0.3) is 0 Å². The van der Waals surface area contributed by atoms with Crippen LogP contribution in [-0.2, 0) is 13.9 Å². The highest BCUT2D eigenvalue weighted by molar-refractivity contribution is 7.46. The summed E-state index contributed by atoms with van der Waals surface area (Å²) >= 11 is 0. The van der Waals surface area contributed by atoms with Crippen LogP contribution in [0.5, 0.6) is 0 Å². The minimum Gasteiger partial charge on any atom is -0.394 e. The molecule has 0 bridgehead atoms. The first-order chi connectivity index (χ1) is 6.69. The molecule has 0 saturated heterocycles. The number of phosphoric ester groups is 1. The normalized spacial score (nSPS) is 18.0. The highest BCUT2D eigenvalue weighted by Gasteiger charge is 2.34. The van der Waals surface area contributed by atoms with Crippen molar-refractivity contribution in [1.82, 2.24) is 0 Å². The van der Waals surface area contributed by atoms with E-state index in [-0.39, 0.29) is 0 Å². The SMILES string of the molecule is O=C(OP(=O)(O)O)C(O)C(O)C(O)CO. The molecule has 9 nitrogen and oxygen atoms in total. The number of rotatable bonds is 5. The summed E-state index contributed by atoms with van der Waals surface area (Å²) in [5, 5.41) is 35.0. The molecule has 6 N–H and O–H groups in total. The second kappa shape index (κ2) is 5.52. The molecule has 0 fully saturated rings. The van der Waals surface area contributed by atoms with Gasteiger partial charge in [-0.1, -0.05) is 0 Å². The van der Waals surface area contributed by atoms with Crippen molar-refractivity contribution in [2.24, 2.45) is 0 Å². The molecule has 3 unspecified atom stereocenters. The van der Waals surface area contributed by atoms with Gasteiger partial charge in [0.25, 0.3) is 0 Å². The Hall–Kier alpha value is -0.540. The second-order valence-corrected chi connectivity index (χ2v) is 3.75. The van der Waals surface area contributed by atoms with Crippen molar-refractivity contribution in [3.8, 4) is 0 Å². The third-order valence-corrected chi connectivity index (χ3v) is 1.77. The minimum atomic E-state index is -5.12. The van der Waals surface area contributed by atoms with E-state index in [0.717, 1.165) is 0 Å². The molecule has 0 rings (SSSR count). The topological polar surface area (TPSA) is 165 Å². The Morgan fingerprint density at radius 3 is 2.07 bits per heavy atom. The smallest absolute Gasteiger partial charge is 0.394 e. The van der Waals surface area contributed by atoms with Gasteiger partial charge < -0.3 is 24.9 Å². The van der Waals surface area contributed by atoms with Gasteiger partial charge in [-0.3, -0.25) is 9.79 Å². The predicted molar refractivity (Wildman–Crippen MR) is 43.2 cm³/mol. The van der Waals surface area contributed by atoms with E-state index < -0.39 is 38.7 Å². The molecule has 0 aliphatic rings. The lowest BCUT2D eigenvalue weighted by atomic mass is 10.1. The van der Waals surface area contributed by atoms with Crippen molar-refractivity contribution in [3.05, 3.63) is 0 Å². The van der Waals surface area contributed by atoms with Gasteiger partial charge in [0.2, 0.25) is 0 Å². The molecule has 0 aliphatic carbocycles. The second-order valence-electron chi connectivity index (χ2n) is 2.59. The third kappa shape index (κ3) is 5.19. The standard InChI is InChI=1S/C5H11O9P/c6-1-2(7)3(8)4(9)5(10)14-15(11,12)13/h2-4,6-9H,1H2,(H2,11,12,13). The lowest BCUT2D eigenvalue weighted by Gasteiger charge is -2.19. The van der Waals surface area contributed by atoms with Gasteiger partial charge in [-0.25, -0.2) is 9.36 Å². The Balaban J connectivity index is 4.38. The predicted octanol–water partition coefficient (Wildman–Crippen LogP) is -3.30. The summed E-state index contributed by atoms with van der Waals surface area (Å²) in [6.07, 6.45) is -6.29. The van der Waals surface area contributed by atoms with Crippen LogP contribution >= 0.6 is 7.82 Å². The molecule has 10 heteroatoms. The zero-order valence-electron chi connectivity index (χ0n) is 7.29. The van der Waals surface area contributed by atoms with E-state index in [9.17, 15) is 9.36 Å². The Labute approximate surface area is 83.8 Å². The summed E-state index contributed by atoms with van der Waals surface area (Å²) in [5.74, 6) is -1.80. The Bertz CT molecular complexity index is 259. The van der Waals surface area contributed by atoms with Crippen LogP contribution in [0.2, 0.25) is 0 Å². The van der Waals surface area contributed by atoms with Crippen LogP contribution in [0.3, 0.4) is 0 Å². The quantitative estimate of drug-likeness (QED) is 0.272. The number of carbonyl (C=O) groups is 1. The lowest BCUT2D eigenvalue weighted by Crippen LogP contribution is -2.44. The molecule has 0 spiro atoms. The summed E-state index contributed by atoms with van der Waals surface area (Å²) < 4.78 is 13.6. The molecule has 0 saturated carbocycles. The van der Waals surface area contributed by atoms with Crippen molar-refractivity contribution in [1.29, 1.82) is 0 Å². The van der Waals surface area contributed by atoms with E-state index in [1.165, 1.54) is 0 Å². The first-order valence-corrected chi connectivity index (χ1v) is 5.16. The fourth-order valence-corrected chi connectivity index (χ4v) is 0.971. The summed E-state index contributed by atoms with van der Waals surface area (Å²) in [7, 11) is -5.12. The molecule has 0 radical (unpaired) electrons. The molecule has 0 aliphatic heterocycles. The van der Waals surface area contributed by atoms with Gasteiger partial charge in [0, 0.05) is 0 Å². The first kappa shape index (κ1) is 14.5. The van der Waals surface area contributed by atoms with Crippen LogP contribution in [0.15, 0.2) is 0 Å². The van der Waals surface area contributed by atoms with Crippen molar-refractivity contribution in [3.63, 3.8) is 0 Å². The van der Waals surface area contributed by atoms with Crippen LogP contribution in [-0.4, -0.2) is 61.1 Å². The van der Waals surface area contributed by atoms with Crippen LogP contribution in [0.1, 0.15) is 0 Å². The average Bonchev–Trinajstić information content (AvgIpc) is 2.11. The fourth-order valence-electron chi connectivity index (χ4n) is 0.629. The number of phosphoric acid groups is 1. The number of hydrogen-bond donors (Lipinski definition) is 6. The number of carbonyl (C=O) groups excluding carboxylic acids is 1. The van der Waals surface area contributed by atoms with Crippen molar-refractivity contribution >= 4 is 13.8 Å². The Kier molecular flexibility index (Phi) is 5.32. The molecule has 0 aromatic carbocycles. The molecule has 0 aromatic heterocycles. The van der Waals surface area contributed by atoms with Crippen LogP contribution in [0, 0.1) is 0 Å². The molecule has 3 atom stereocenters. The number of aliphatic hydroxyl groups excluding tert-OH is 4. The monoisotopic (exact) mass is 246 g/mol. The van der Waals surface area contributed by atoms with Crippen LogP contribution in [0.4, 0.5) is 0 Å². The van der Waals surface area contributed by atoms with Gasteiger partial charge in [-0.15, -0.1) is 0 Å². The van der Waals surface area contributed by atoms with Gasteiger partial charge in [0.05, 0.1) is 6.61 Å². The van der Waals surface area contributed by atoms with Crippen LogP contribution < -0.4 is 0 Å². The summed E-state index contributed by atoms with van der Waals surface area (Å²) in [6.45, 7) is -0.943. The first-order valence-electron chi connectivity index (χ1n) is 3.63. The van der Waals surface area contributed by atoms with Gasteiger partial charge >= 0.3 is 13.8 Å². The van der Waals surface area contributed by atoms with Crippen molar-refractivity contribution in [2.45, 2.75) is 18.3 Å². The van der Waals surface area contributed by atoms with E-state index in [4.69, 9.17) is 30.2 Å². The summed E-state index contributed by atoms with van der Waals surface area (Å²) in [6, 6.07) is 0.